The number of piperidine rings is 1. The number of rotatable bonds is 4. The third-order valence-corrected chi connectivity index (χ3v) is 3.95. The molecule has 0 aromatic heterocycles. The summed E-state index contributed by atoms with van der Waals surface area (Å²) in [5, 5.41) is 3.36. The minimum absolute atomic E-state index is 0.166. The third kappa shape index (κ3) is 3.45. The summed E-state index contributed by atoms with van der Waals surface area (Å²) in [4.78, 5) is 14.7. The number of ether oxygens (including phenoxy) is 1. The number of carbonyl (C=O) groups excluding carboxylic acids is 1. The topological polar surface area (TPSA) is 41.6 Å². The number of amides is 1. The second-order valence-electron chi connectivity index (χ2n) is 5.37. The van der Waals surface area contributed by atoms with Crippen molar-refractivity contribution in [1.82, 2.24) is 10.2 Å². The van der Waals surface area contributed by atoms with E-state index in [1.165, 1.54) is 0 Å². The van der Waals surface area contributed by atoms with Crippen LogP contribution in [0.4, 0.5) is 0 Å². The molecule has 0 spiro atoms. The van der Waals surface area contributed by atoms with Crippen LogP contribution in [0.15, 0.2) is 0 Å². The second-order valence-corrected chi connectivity index (χ2v) is 5.37. The smallest absolute Gasteiger partial charge is 0.251 e. The highest BCUT2D eigenvalue weighted by Gasteiger charge is 2.31. The minimum Gasteiger partial charge on any atom is -0.368 e. The third-order valence-electron chi connectivity index (χ3n) is 3.95. The van der Waals surface area contributed by atoms with Gasteiger partial charge in [-0.2, -0.15) is 0 Å². The van der Waals surface area contributed by atoms with Crippen LogP contribution in [0, 0.1) is 0 Å². The minimum atomic E-state index is -0.166. The molecule has 0 saturated carbocycles. The van der Waals surface area contributed by atoms with Gasteiger partial charge in [-0.1, -0.05) is 6.92 Å². The van der Waals surface area contributed by atoms with Gasteiger partial charge in [0.2, 0.25) is 0 Å². The zero-order valence-electron chi connectivity index (χ0n) is 11.5. The molecule has 0 aliphatic carbocycles. The molecule has 0 aromatic rings. The molecule has 1 N–H and O–H groups in total. The van der Waals surface area contributed by atoms with Crippen molar-refractivity contribution in [2.75, 3.05) is 26.2 Å². The largest absolute Gasteiger partial charge is 0.368 e. The average molecular weight is 254 g/mol. The number of nitrogens with one attached hydrogen (secondary N) is 1. The highest BCUT2D eigenvalue weighted by Crippen LogP contribution is 2.19. The maximum Gasteiger partial charge on any atom is 0.251 e. The fraction of sp³-hybridized carbons (Fsp3) is 0.929. The Kier molecular flexibility index (Phi) is 5.45. The van der Waals surface area contributed by atoms with Gasteiger partial charge >= 0.3 is 0 Å². The molecule has 2 aliphatic rings. The summed E-state index contributed by atoms with van der Waals surface area (Å²) in [5.41, 5.74) is 0. The molecule has 1 atom stereocenters. The SMILES string of the molecule is CCCN(C(=O)C1CCCCO1)C1CCNCC1. The Balaban J connectivity index is 1.96. The highest BCUT2D eigenvalue weighted by molar-refractivity contribution is 5.81. The van der Waals surface area contributed by atoms with Crippen LogP contribution in [0.2, 0.25) is 0 Å². The van der Waals surface area contributed by atoms with Gasteiger partial charge in [-0.15, -0.1) is 0 Å². The summed E-state index contributed by atoms with van der Waals surface area (Å²) in [6.07, 6.45) is 6.16. The highest BCUT2D eigenvalue weighted by atomic mass is 16.5. The first-order chi connectivity index (χ1) is 8.83. The molecule has 4 nitrogen and oxygen atoms in total. The molecular formula is C14H26N2O2. The summed E-state index contributed by atoms with van der Waals surface area (Å²) >= 11 is 0. The lowest BCUT2D eigenvalue weighted by Gasteiger charge is -2.37. The monoisotopic (exact) mass is 254 g/mol. The van der Waals surface area contributed by atoms with E-state index in [0.717, 1.165) is 64.8 Å². The molecule has 18 heavy (non-hydrogen) atoms. The van der Waals surface area contributed by atoms with Gasteiger partial charge in [0.1, 0.15) is 6.10 Å². The standard InChI is InChI=1S/C14H26N2O2/c1-2-10-16(12-6-8-15-9-7-12)14(17)13-5-3-4-11-18-13/h12-13,15H,2-11H2,1H3. The predicted octanol–water partition coefficient (Wildman–Crippen LogP) is 1.55. The molecule has 1 unspecified atom stereocenters. The van der Waals surface area contributed by atoms with Gasteiger partial charge in [0.25, 0.3) is 5.91 Å². The van der Waals surface area contributed by atoms with Crippen LogP contribution in [-0.4, -0.2) is 49.2 Å². The quantitative estimate of drug-likeness (QED) is 0.827. The summed E-state index contributed by atoms with van der Waals surface area (Å²) in [5.74, 6) is 0.239. The van der Waals surface area contributed by atoms with Gasteiger partial charge in [0.15, 0.2) is 0 Å². The lowest BCUT2D eigenvalue weighted by molar-refractivity contribution is -0.149. The van der Waals surface area contributed by atoms with E-state index in [-0.39, 0.29) is 12.0 Å². The Morgan fingerprint density at radius 1 is 1.28 bits per heavy atom. The van der Waals surface area contributed by atoms with Crippen LogP contribution >= 0.6 is 0 Å². The van der Waals surface area contributed by atoms with E-state index in [1.807, 2.05) is 0 Å². The lowest BCUT2D eigenvalue weighted by atomic mass is 10.0. The van der Waals surface area contributed by atoms with E-state index < -0.39 is 0 Å². The fourth-order valence-corrected chi connectivity index (χ4v) is 2.95. The Labute approximate surface area is 110 Å². The first-order valence-corrected chi connectivity index (χ1v) is 7.45. The van der Waals surface area contributed by atoms with E-state index in [9.17, 15) is 4.79 Å². The predicted molar refractivity (Wildman–Crippen MR) is 71.5 cm³/mol. The van der Waals surface area contributed by atoms with Crippen molar-refractivity contribution in [1.29, 1.82) is 0 Å². The van der Waals surface area contributed by atoms with Gasteiger partial charge in [0.05, 0.1) is 0 Å². The van der Waals surface area contributed by atoms with E-state index in [1.54, 1.807) is 0 Å². The molecule has 2 rings (SSSR count). The normalized spacial score (nSPS) is 25.9. The van der Waals surface area contributed by atoms with E-state index in [4.69, 9.17) is 4.74 Å². The van der Waals surface area contributed by atoms with Crippen LogP contribution in [0.5, 0.6) is 0 Å². The molecule has 0 bridgehead atoms. The molecule has 104 valence electrons. The number of nitrogens with zero attached hydrogens (tertiary/aromatic N) is 1. The zero-order chi connectivity index (χ0) is 12.8. The number of carbonyl (C=O) groups is 1. The fourth-order valence-electron chi connectivity index (χ4n) is 2.95. The average Bonchev–Trinajstić information content (AvgIpc) is 2.46. The van der Waals surface area contributed by atoms with Crippen LogP contribution < -0.4 is 5.32 Å². The maximum absolute atomic E-state index is 12.6. The Morgan fingerprint density at radius 2 is 2.06 bits per heavy atom. The van der Waals surface area contributed by atoms with Crippen molar-refractivity contribution in [3.8, 4) is 0 Å². The molecule has 2 aliphatic heterocycles. The van der Waals surface area contributed by atoms with Gasteiger partial charge in [-0.3, -0.25) is 4.79 Å². The van der Waals surface area contributed by atoms with E-state index in [0.29, 0.717) is 6.04 Å². The van der Waals surface area contributed by atoms with E-state index >= 15 is 0 Å². The summed E-state index contributed by atoms with van der Waals surface area (Å²) in [7, 11) is 0. The molecule has 0 radical (unpaired) electrons. The van der Waals surface area contributed by atoms with Crippen molar-refractivity contribution in [3.05, 3.63) is 0 Å². The molecule has 1 amide bonds. The summed E-state index contributed by atoms with van der Waals surface area (Å²) in [6.45, 7) is 5.84. The summed E-state index contributed by atoms with van der Waals surface area (Å²) < 4.78 is 5.65. The van der Waals surface area contributed by atoms with Crippen molar-refractivity contribution in [2.45, 2.75) is 57.6 Å². The van der Waals surface area contributed by atoms with Crippen molar-refractivity contribution >= 4 is 5.91 Å². The van der Waals surface area contributed by atoms with Gasteiger partial charge in [0, 0.05) is 19.2 Å². The number of hydrogen-bond acceptors (Lipinski definition) is 3. The first kappa shape index (κ1) is 13.8. The Bertz CT molecular complexity index is 259. The Morgan fingerprint density at radius 3 is 2.67 bits per heavy atom. The van der Waals surface area contributed by atoms with Crippen molar-refractivity contribution < 1.29 is 9.53 Å². The van der Waals surface area contributed by atoms with Crippen LogP contribution in [0.25, 0.3) is 0 Å². The van der Waals surface area contributed by atoms with Crippen molar-refractivity contribution in [2.24, 2.45) is 0 Å². The van der Waals surface area contributed by atoms with Gasteiger partial charge in [-0.25, -0.2) is 0 Å². The molecule has 4 heteroatoms. The van der Waals surface area contributed by atoms with Crippen LogP contribution in [0.3, 0.4) is 0 Å². The molecule has 2 saturated heterocycles. The number of hydrogen-bond donors (Lipinski definition) is 1. The molecular weight excluding hydrogens is 228 g/mol. The second kappa shape index (κ2) is 7.10. The van der Waals surface area contributed by atoms with E-state index in [2.05, 4.69) is 17.1 Å². The summed E-state index contributed by atoms with van der Waals surface area (Å²) in [6, 6.07) is 0.421. The van der Waals surface area contributed by atoms with Crippen LogP contribution in [0.1, 0.15) is 45.4 Å². The molecule has 2 fully saturated rings. The van der Waals surface area contributed by atoms with Gasteiger partial charge < -0.3 is 15.0 Å². The van der Waals surface area contributed by atoms with Crippen LogP contribution in [-0.2, 0) is 9.53 Å². The zero-order valence-corrected chi connectivity index (χ0v) is 11.5. The maximum atomic E-state index is 12.6. The first-order valence-electron chi connectivity index (χ1n) is 7.45. The Hall–Kier alpha value is -0.610. The molecule has 0 aromatic carbocycles. The molecule has 2 heterocycles. The van der Waals surface area contributed by atoms with Gasteiger partial charge in [-0.05, 0) is 51.6 Å². The van der Waals surface area contributed by atoms with Crippen molar-refractivity contribution in [3.63, 3.8) is 0 Å². The lowest BCUT2D eigenvalue weighted by Crippen LogP contribution is -2.50.